The molecule has 0 saturated heterocycles. The Balaban J connectivity index is 1.93. The van der Waals surface area contributed by atoms with Gasteiger partial charge in [0.2, 0.25) is 0 Å². The van der Waals surface area contributed by atoms with E-state index in [1.807, 2.05) is 48.1 Å². The number of anilines is 1. The molecule has 0 bridgehead atoms. The average molecular weight is 344 g/mol. The van der Waals surface area contributed by atoms with Crippen molar-refractivity contribution in [1.82, 2.24) is 4.57 Å². The van der Waals surface area contributed by atoms with Crippen LogP contribution in [0.5, 0.6) is 0 Å². The van der Waals surface area contributed by atoms with Crippen LogP contribution < -0.4 is 5.32 Å². The summed E-state index contributed by atoms with van der Waals surface area (Å²) in [5.41, 5.74) is 1.29. The van der Waals surface area contributed by atoms with Crippen LogP contribution in [-0.4, -0.2) is 10.5 Å². The Morgan fingerprint density at radius 2 is 1.72 bits per heavy atom. The third-order valence-electron chi connectivity index (χ3n) is 3.73. The summed E-state index contributed by atoms with van der Waals surface area (Å²) in [6.45, 7) is 1.87. The van der Waals surface area contributed by atoms with Gasteiger partial charge < -0.3 is 9.88 Å². The summed E-state index contributed by atoms with van der Waals surface area (Å²) >= 11 is 0. The first kappa shape index (κ1) is 16.8. The smallest absolute Gasteiger partial charge is 0.322 e. The van der Waals surface area contributed by atoms with Crippen LogP contribution in [0.4, 0.5) is 18.9 Å². The van der Waals surface area contributed by atoms with Gasteiger partial charge in [0.1, 0.15) is 0 Å². The number of nitrogens with zero attached hydrogens (tertiary/aromatic N) is 1. The fourth-order valence-electron chi connectivity index (χ4n) is 2.50. The molecule has 6 heteroatoms. The van der Waals surface area contributed by atoms with Gasteiger partial charge in [-0.3, -0.25) is 4.79 Å². The number of hydrogen-bond acceptors (Lipinski definition) is 1. The second-order valence-corrected chi connectivity index (χ2v) is 5.64. The quantitative estimate of drug-likeness (QED) is 0.708. The van der Waals surface area contributed by atoms with E-state index < -0.39 is 17.6 Å². The van der Waals surface area contributed by atoms with Crippen LogP contribution in [0.25, 0.3) is 5.69 Å². The van der Waals surface area contributed by atoms with E-state index in [-0.39, 0.29) is 5.56 Å². The number of alkyl halides is 3. The molecule has 1 amide bonds. The van der Waals surface area contributed by atoms with E-state index in [0.29, 0.717) is 5.69 Å². The minimum Gasteiger partial charge on any atom is -0.322 e. The van der Waals surface area contributed by atoms with E-state index in [1.165, 1.54) is 12.1 Å². The fourth-order valence-corrected chi connectivity index (χ4v) is 2.50. The molecule has 1 heterocycles. The summed E-state index contributed by atoms with van der Waals surface area (Å²) in [5, 5.41) is 2.71. The van der Waals surface area contributed by atoms with E-state index >= 15 is 0 Å². The molecule has 3 rings (SSSR count). The predicted octanol–water partition coefficient (Wildman–Crippen LogP) is 5.06. The van der Waals surface area contributed by atoms with Crippen molar-refractivity contribution in [1.29, 1.82) is 0 Å². The largest absolute Gasteiger partial charge is 0.416 e. The van der Waals surface area contributed by atoms with Gasteiger partial charge in [-0.05, 0) is 55.0 Å². The molecular weight excluding hydrogens is 329 g/mol. The Bertz CT molecular complexity index is 899. The van der Waals surface area contributed by atoms with E-state index in [0.717, 1.165) is 23.4 Å². The molecule has 0 spiro atoms. The zero-order chi connectivity index (χ0) is 18.0. The summed E-state index contributed by atoms with van der Waals surface area (Å²) < 4.78 is 40.3. The van der Waals surface area contributed by atoms with Gasteiger partial charge >= 0.3 is 6.18 Å². The summed E-state index contributed by atoms with van der Waals surface area (Å²) in [5.74, 6) is -0.592. The Hall–Kier alpha value is -3.02. The predicted molar refractivity (Wildman–Crippen MR) is 89.9 cm³/mol. The Kier molecular flexibility index (Phi) is 4.35. The Morgan fingerprint density at radius 1 is 1.00 bits per heavy atom. The molecule has 0 atom stereocenters. The maximum atomic E-state index is 12.8. The number of carbonyl (C=O) groups is 1. The van der Waals surface area contributed by atoms with Gasteiger partial charge in [-0.2, -0.15) is 13.2 Å². The van der Waals surface area contributed by atoms with Crippen molar-refractivity contribution in [2.75, 3.05) is 5.32 Å². The number of amides is 1. The topological polar surface area (TPSA) is 34.0 Å². The lowest BCUT2D eigenvalue weighted by Crippen LogP contribution is -2.15. The lowest BCUT2D eigenvalue weighted by molar-refractivity contribution is -0.137. The molecule has 3 nitrogen and oxygen atoms in total. The van der Waals surface area contributed by atoms with Crippen LogP contribution in [0, 0.1) is 6.92 Å². The van der Waals surface area contributed by atoms with Crippen molar-refractivity contribution in [2.45, 2.75) is 13.1 Å². The summed E-state index contributed by atoms with van der Waals surface area (Å²) in [6, 6.07) is 13.6. The van der Waals surface area contributed by atoms with Crippen molar-refractivity contribution in [2.24, 2.45) is 0 Å². The van der Waals surface area contributed by atoms with E-state index in [2.05, 4.69) is 5.32 Å². The maximum Gasteiger partial charge on any atom is 0.416 e. The standard InChI is InChI=1S/C19H15F3N2O/c1-13-7-8-17(24-9-2-3-10-24)16(11-13)23-18(25)14-5-4-6-15(12-14)19(20,21)22/h2-12H,1H3,(H,23,25). The van der Waals surface area contributed by atoms with Crippen LogP contribution in [0.2, 0.25) is 0 Å². The van der Waals surface area contributed by atoms with Crippen molar-refractivity contribution >= 4 is 11.6 Å². The van der Waals surface area contributed by atoms with Gasteiger partial charge in [0.25, 0.3) is 5.91 Å². The highest BCUT2D eigenvalue weighted by atomic mass is 19.4. The molecule has 0 aliphatic rings. The zero-order valence-corrected chi connectivity index (χ0v) is 13.3. The third kappa shape index (κ3) is 3.74. The summed E-state index contributed by atoms with van der Waals surface area (Å²) in [7, 11) is 0. The van der Waals surface area contributed by atoms with Gasteiger partial charge in [0, 0.05) is 18.0 Å². The van der Waals surface area contributed by atoms with Crippen molar-refractivity contribution in [3.8, 4) is 5.69 Å². The van der Waals surface area contributed by atoms with Gasteiger partial charge in [0.05, 0.1) is 16.9 Å². The van der Waals surface area contributed by atoms with Gasteiger partial charge in [-0.25, -0.2) is 0 Å². The van der Waals surface area contributed by atoms with E-state index in [9.17, 15) is 18.0 Å². The third-order valence-corrected chi connectivity index (χ3v) is 3.73. The van der Waals surface area contributed by atoms with E-state index in [1.54, 1.807) is 6.07 Å². The number of carbonyl (C=O) groups excluding carboxylic acids is 1. The van der Waals surface area contributed by atoms with Crippen LogP contribution in [-0.2, 0) is 6.18 Å². The average Bonchev–Trinajstić information content (AvgIpc) is 3.08. The molecule has 1 aromatic heterocycles. The Labute approximate surface area is 142 Å². The normalized spacial score (nSPS) is 11.4. The Morgan fingerprint density at radius 3 is 2.40 bits per heavy atom. The minimum atomic E-state index is -4.49. The number of benzene rings is 2. The lowest BCUT2D eigenvalue weighted by atomic mass is 10.1. The first-order chi connectivity index (χ1) is 11.8. The molecule has 0 radical (unpaired) electrons. The first-order valence-corrected chi connectivity index (χ1v) is 7.57. The summed E-state index contributed by atoms with van der Waals surface area (Å²) in [6.07, 6.45) is -0.842. The fraction of sp³-hybridized carbons (Fsp3) is 0.105. The summed E-state index contributed by atoms with van der Waals surface area (Å²) in [4.78, 5) is 12.4. The lowest BCUT2D eigenvalue weighted by Gasteiger charge is -2.14. The van der Waals surface area contributed by atoms with Gasteiger partial charge in [0.15, 0.2) is 0 Å². The van der Waals surface area contributed by atoms with Crippen molar-refractivity contribution < 1.29 is 18.0 Å². The molecular formula is C19H15F3N2O. The minimum absolute atomic E-state index is 0.0465. The number of rotatable bonds is 3. The highest BCUT2D eigenvalue weighted by molar-refractivity contribution is 6.05. The first-order valence-electron chi connectivity index (χ1n) is 7.57. The molecule has 128 valence electrons. The zero-order valence-electron chi connectivity index (χ0n) is 13.3. The van der Waals surface area contributed by atoms with E-state index in [4.69, 9.17) is 0 Å². The number of halogens is 3. The molecule has 0 aliphatic carbocycles. The number of hydrogen-bond donors (Lipinski definition) is 1. The van der Waals surface area contributed by atoms with Crippen LogP contribution in [0.3, 0.4) is 0 Å². The highest BCUT2D eigenvalue weighted by Gasteiger charge is 2.30. The second-order valence-electron chi connectivity index (χ2n) is 5.64. The van der Waals surface area contributed by atoms with Crippen molar-refractivity contribution in [3.63, 3.8) is 0 Å². The van der Waals surface area contributed by atoms with Gasteiger partial charge in [-0.1, -0.05) is 12.1 Å². The van der Waals surface area contributed by atoms with Crippen LogP contribution in [0.1, 0.15) is 21.5 Å². The molecule has 3 aromatic rings. The molecule has 25 heavy (non-hydrogen) atoms. The number of aryl methyl sites for hydroxylation is 1. The molecule has 2 aromatic carbocycles. The monoisotopic (exact) mass is 344 g/mol. The molecule has 0 saturated carbocycles. The maximum absolute atomic E-state index is 12.8. The number of nitrogens with one attached hydrogen (secondary N) is 1. The highest BCUT2D eigenvalue weighted by Crippen LogP contribution is 2.30. The van der Waals surface area contributed by atoms with Crippen molar-refractivity contribution in [3.05, 3.63) is 83.7 Å². The van der Waals surface area contributed by atoms with Crippen LogP contribution in [0.15, 0.2) is 67.0 Å². The second kappa shape index (κ2) is 6.47. The van der Waals surface area contributed by atoms with Crippen LogP contribution >= 0.6 is 0 Å². The number of aromatic nitrogens is 1. The van der Waals surface area contributed by atoms with Gasteiger partial charge in [-0.15, -0.1) is 0 Å². The SMILES string of the molecule is Cc1ccc(-n2cccc2)c(NC(=O)c2cccc(C(F)(F)F)c2)c1. The molecule has 0 fully saturated rings. The molecule has 0 unspecified atom stereocenters. The molecule has 1 N–H and O–H groups in total. The molecule has 0 aliphatic heterocycles.